The van der Waals surface area contributed by atoms with E-state index in [9.17, 15) is 9.18 Å². The van der Waals surface area contributed by atoms with Crippen LogP contribution in [-0.4, -0.2) is 38.6 Å². The average molecular weight is 273 g/mol. The summed E-state index contributed by atoms with van der Waals surface area (Å²) in [5, 5.41) is 18.2. The lowest BCUT2D eigenvalue weighted by atomic mass is 10.0. The molecule has 1 aromatic heterocycles. The SMILES string of the molecule is C[C@@H]1C(F)[C@H](n2cc(CO)c(N)nc2=O)O[C@@H]1CO. The van der Waals surface area contributed by atoms with Crippen LogP contribution in [0, 0.1) is 5.92 Å². The molecular weight excluding hydrogens is 257 g/mol. The summed E-state index contributed by atoms with van der Waals surface area (Å²) in [5.41, 5.74) is 4.92. The first-order chi connectivity index (χ1) is 8.99. The summed E-state index contributed by atoms with van der Waals surface area (Å²) in [6.45, 7) is 0.845. The van der Waals surface area contributed by atoms with Gasteiger partial charge in [0.1, 0.15) is 5.82 Å². The number of nitrogen functional groups attached to an aromatic ring is 1. The lowest BCUT2D eigenvalue weighted by molar-refractivity contribution is -0.0420. The summed E-state index contributed by atoms with van der Waals surface area (Å²) in [6.07, 6.45) is -2.07. The molecule has 0 amide bonds. The second-order valence-electron chi connectivity index (χ2n) is 4.55. The molecule has 7 nitrogen and oxygen atoms in total. The molecule has 0 aromatic carbocycles. The minimum Gasteiger partial charge on any atom is -0.394 e. The average Bonchev–Trinajstić information content (AvgIpc) is 2.67. The third-order valence-corrected chi connectivity index (χ3v) is 3.36. The summed E-state index contributed by atoms with van der Waals surface area (Å²) in [4.78, 5) is 15.2. The molecule has 1 unspecified atom stereocenters. The van der Waals surface area contributed by atoms with E-state index in [0.717, 1.165) is 4.57 Å². The Kier molecular flexibility index (Phi) is 3.83. The molecule has 8 heteroatoms. The third-order valence-electron chi connectivity index (χ3n) is 3.36. The fourth-order valence-electron chi connectivity index (χ4n) is 2.10. The maximum absolute atomic E-state index is 14.1. The van der Waals surface area contributed by atoms with Gasteiger partial charge in [0.2, 0.25) is 0 Å². The van der Waals surface area contributed by atoms with Crippen LogP contribution in [-0.2, 0) is 11.3 Å². The van der Waals surface area contributed by atoms with Gasteiger partial charge in [0.25, 0.3) is 0 Å². The maximum atomic E-state index is 14.1. The van der Waals surface area contributed by atoms with Gasteiger partial charge in [0.15, 0.2) is 12.4 Å². The van der Waals surface area contributed by atoms with Crippen LogP contribution >= 0.6 is 0 Å². The number of halogens is 1. The van der Waals surface area contributed by atoms with Crippen molar-refractivity contribution < 1.29 is 19.3 Å². The van der Waals surface area contributed by atoms with Crippen molar-refractivity contribution in [1.82, 2.24) is 9.55 Å². The summed E-state index contributed by atoms with van der Waals surface area (Å²) in [5.74, 6) is -0.638. The van der Waals surface area contributed by atoms with Crippen LogP contribution in [0.25, 0.3) is 0 Å². The van der Waals surface area contributed by atoms with E-state index < -0.39 is 36.7 Å². The Hall–Kier alpha value is -1.51. The van der Waals surface area contributed by atoms with Crippen LogP contribution in [0.2, 0.25) is 0 Å². The number of nitrogens with zero attached hydrogens (tertiary/aromatic N) is 2. The monoisotopic (exact) mass is 273 g/mol. The van der Waals surface area contributed by atoms with Gasteiger partial charge >= 0.3 is 5.69 Å². The van der Waals surface area contributed by atoms with Crippen LogP contribution in [0.1, 0.15) is 18.7 Å². The molecule has 106 valence electrons. The molecule has 0 bridgehead atoms. The summed E-state index contributed by atoms with van der Waals surface area (Å²) < 4.78 is 20.4. The highest BCUT2D eigenvalue weighted by Crippen LogP contribution is 2.35. The highest BCUT2D eigenvalue weighted by atomic mass is 19.1. The van der Waals surface area contributed by atoms with Gasteiger partial charge in [0.05, 0.1) is 19.3 Å². The number of aliphatic hydroxyl groups excluding tert-OH is 2. The smallest absolute Gasteiger partial charge is 0.351 e. The number of nitrogens with two attached hydrogens (primary N) is 1. The van der Waals surface area contributed by atoms with E-state index in [4.69, 9.17) is 20.7 Å². The van der Waals surface area contributed by atoms with Gasteiger partial charge in [0, 0.05) is 17.7 Å². The molecule has 1 aromatic rings. The van der Waals surface area contributed by atoms with Crippen molar-refractivity contribution in [3.63, 3.8) is 0 Å². The quantitative estimate of drug-likeness (QED) is 0.663. The number of aliphatic hydroxyl groups is 2. The van der Waals surface area contributed by atoms with Gasteiger partial charge in [-0.2, -0.15) is 4.98 Å². The number of alkyl halides is 1. The second kappa shape index (κ2) is 5.24. The van der Waals surface area contributed by atoms with E-state index in [1.807, 2.05) is 0 Å². The van der Waals surface area contributed by atoms with E-state index in [1.165, 1.54) is 6.20 Å². The first-order valence-electron chi connectivity index (χ1n) is 5.88. The lowest BCUT2D eigenvalue weighted by Crippen LogP contribution is -2.32. The van der Waals surface area contributed by atoms with Gasteiger partial charge in [-0.15, -0.1) is 0 Å². The van der Waals surface area contributed by atoms with Crippen LogP contribution in [0.4, 0.5) is 10.2 Å². The molecule has 1 aliphatic heterocycles. The minimum atomic E-state index is -1.45. The predicted molar refractivity (Wildman–Crippen MR) is 63.9 cm³/mol. The molecule has 0 saturated carbocycles. The van der Waals surface area contributed by atoms with E-state index in [2.05, 4.69) is 4.98 Å². The first-order valence-corrected chi connectivity index (χ1v) is 5.88. The molecule has 0 aliphatic carbocycles. The molecular formula is C11H16FN3O4. The van der Waals surface area contributed by atoms with Crippen molar-refractivity contribution in [2.45, 2.75) is 32.0 Å². The van der Waals surface area contributed by atoms with E-state index >= 15 is 0 Å². The van der Waals surface area contributed by atoms with Crippen LogP contribution in [0.15, 0.2) is 11.0 Å². The fourth-order valence-corrected chi connectivity index (χ4v) is 2.10. The third kappa shape index (κ3) is 2.34. The molecule has 1 aliphatic rings. The zero-order valence-electron chi connectivity index (χ0n) is 10.4. The molecule has 0 spiro atoms. The van der Waals surface area contributed by atoms with Gasteiger partial charge in [-0.3, -0.25) is 4.57 Å². The Morgan fingerprint density at radius 2 is 2.26 bits per heavy atom. The highest BCUT2D eigenvalue weighted by Gasteiger charge is 2.43. The number of hydrogen-bond acceptors (Lipinski definition) is 6. The Balaban J connectivity index is 2.40. The molecule has 4 N–H and O–H groups in total. The number of ether oxygens (including phenoxy) is 1. The Labute approximate surface area is 108 Å². The van der Waals surface area contributed by atoms with Crippen molar-refractivity contribution in [3.8, 4) is 0 Å². The minimum absolute atomic E-state index is 0.0936. The fraction of sp³-hybridized carbons (Fsp3) is 0.636. The van der Waals surface area contributed by atoms with Crippen molar-refractivity contribution in [2.24, 2.45) is 5.92 Å². The van der Waals surface area contributed by atoms with E-state index in [1.54, 1.807) is 6.92 Å². The normalized spacial score (nSPS) is 30.7. The molecule has 4 atom stereocenters. The summed E-state index contributed by atoms with van der Waals surface area (Å²) in [6, 6.07) is 0. The topological polar surface area (TPSA) is 111 Å². The zero-order valence-corrected chi connectivity index (χ0v) is 10.4. The summed E-state index contributed by atoms with van der Waals surface area (Å²) >= 11 is 0. The first kappa shape index (κ1) is 13.9. The highest BCUT2D eigenvalue weighted by molar-refractivity contribution is 5.36. The van der Waals surface area contributed by atoms with Crippen molar-refractivity contribution in [1.29, 1.82) is 0 Å². The van der Waals surface area contributed by atoms with E-state index in [-0.39, 0.29) is 18.0 Å². The maximum Gasteiger partial charge on any atom is 0.351 e. The number of hydrogen-bond donors (Lipinski definition) is 3. The zero-order chi connectivity index (χ0) is 14.2. The Morgan fingerprint density at radius 3 is 2.79 bits per heavy atom. The van der Waals surface area contributed by atoms with Gasteiger partial charge in [-0.05, 0) is 0 Å². The Bertz CT molecular complexity index is 521. The van der Waals surface area contributed by atoms with E-state index in [0.29, 0.717) is 0 Å². The Morgan fingerprint density at radius 1 is 1.58 bits per heavy atom. The van der Waals surface area contributed by atoms with Crippen LogP contribution in [0.3, 0.4) is 0 Å². The number of aromatic nitrogens is 2. The van der Waals surface area contributed by atoms with Gasteiger partial charge in [-0.25, -0.2) is 9.18 Å². The second-order valence-corrected chi connectivity index (χ2v) is 4.55. The molecule has 2 rings (SSSR count). The number of anilines is 1. The molecule has 2 heterocycles. The standard InChI is InChI=1S/C11H16FN3O4/c1-5-7(4-17)19-10(8(5)12)15-2-6(3-16)9(13)14-11(15)18/h2,5,7-8,10,16-17H,3-4H2,1H3,(H2,13,14,18)/t5-,7+,8?,10+/m0/s1. The lowest BCUT2D eigenvalue weighted by Gasteiger charge is -2.17. The largest absolute Gasteiger partial charge is 0.394 e. The van der Waals surface area contributed by atoms with Crippen molar-refractivity contribution in [3.05, 3.63) is 22.2 Å². The van der Waals surface area contributed by atoms with Crippen LogP contribution in [0.5, 0.6) is 0 Å². The summed E-state index contributed by atoms with van der Waals surface area (Å²) in [7, 11) is 0. The van der Waals surface area contributed by atoms with Crippen molar-refractivity contribution >= 4 is 5.82 Å². The van der Waals surface area contributed by atoms with Crippen molar-refractivity contribution in [2.75, 3.05) is 12.3 Å². The van der Waals surface area contributed by atoms with Gasteiger partial charge in [-0.1, -0.05) is 6.92 Å². The molecule has 1 saturated heterocycles. The predicted octanol–water partition coefficient (Wildman–Crippen LogP) is -0.818. The van der Waals surface area contributed by atoms with Crippen LogP contribution < -0.4 is 11.4 Å². The molecule has 19 heavy (non-hydrogen) atoms. The molecule has 1 fully saturated rings. The van der Waals surface area contributed by atoms with Gasteiger partial charge < -0.3 is 20.7 Å². The number of rotatable bonds is 3. The molecule has 0 radical (unpaired) electrons.